The molecule has 1 fully saturated rings. The number of nitrogens with zero attached hydrogens (tertiary/aromatic N) is 3. The van der Waals surface area contributed by atoms with Crippen LogP contribution in [0.25, 0.3) is 10.9 Å². The molecule has 0 atom stereocenters. The van der Waals surface area contributed by atoms with E-state index in [9.17, 15) is 5.11 Å². The highest BCUT2D eigenvalue weighted by Crippen LogP contribution is 2.26. The van der Waals surface area contributed by atoms with Crippen LogP contribution < -0.4 is 4.90 Å². The third kappa shape index (κ3) is 3.05. The Labute approximate surface area is 142 Å². The van der Waals surface area contributed by atoms with Crippen molar-refractivity contribution < 1.29 is 5.11 Å². The van der Waals surface area contributed by atoms with Crippen LogP contribution in [0.5, 0.6) is 5.75 Å². The Morgan fingerprint density at radius 3 is 2.42 bits per heavy atom. The number of phenols is 1. The normalized spacial score (nSPS) is 15.8. The number of aromatic hydroxyl groups is 1. The molecule has 0 aliphatic carbocycles. The fraction of sp³-hybridized carbons (Fsp3) is 0.250. The maximum Gasteiger partial charge on any atom is 0.115 e. The SMILES string of the molecule is Oc1ccc(CN2CCN(c3ccnc4ccccc34)CC2)cc1. The van der Waals surface area contributed by atoms with Gasteiger partial charge in [0, 0.05) is 50.0 Å². The summed E-state index contributed by atoms with van der Waals surface area (Å²) in [6, 6.07) is 18.0. The molecule has 0 saturated carbocycles. The molecule has 2 heterocycles. The van der Waals surface area contributed by atoms with E-state index in [-0.39, 0.29) is 0 Å². The number of hydrogen-bond donors (Lipinski definition) is 1. The first-order valence-electron chi connectivity index (χ1n) is 8.38. The molecule has 3 aromatic rings. The van der Waals surface area contributed by atoms with Gasteiger partial charge in [0.25, 0.3) is 0 Å². The van der Waals surface area contributed by atoms with Gasteiger partial charge in [-0.15, -0.1) is 0 Å². The standard InChI is InChI=1S/C20H21N3O/c24-17-7-5-16(6-8-17)15-22-11-13-23(14-12-22)20-9-10-21-19-4-2-1-3-18(19)20/h1-10,24H,11-15H2. The Morgan fingerprint density at radius 2 is 1.62 bits per heavy atom. The van der Waals surface area contributed by atoms with E-state index in [0.29, 0.717) is 5.75 Å². The first-order valence-corrected chi connectivity index (χ1v) is 8.38. The number of pyridine rings is 1. The van der Waals surface area contributed by atoms with Crippen molar-refractivity contribution in [1.82, 2.24) is 9.88 Å². The molecule has 2 aromatic carbocycles. The molecule has 4 heteroatoms. The fourth-order valence-electron chi connectivity index (χ4n) is 3.36. The summed E-state index contributed by atoms with van der Waals surface area (Å²) in [5.74, 6) is 0.327. The Morgan fingerprint density at radius 1 is 0.875 bits per heavy atom. The molecule has 122 valence electrons. The molecule has 1 N–H and O–H groups in total. The molecule has 24 heavy (non-hydrogen) atoms. The molecule has 4 nitrogen and oxygen atoms in total. The van der Waals surface area contributed by atoms with Gasteiger partial charge < -0.3 is 10.0 Å². The smallest absolute Gasteiger partial charge is 0.115 e. The van der Waals surface area contributed by atoms with E-state index < -0.39 is 0 Å². The Balaban J connectivity index is 1.45. The van der Waals surface area contributed by atoms with Gasteiger partial charge in [-0.3, -0.25) is 9.88 Å². The number of para-hydroxylation sites is 1. The minimum absolute atomic E-state index is 0.327. The van der Waals surface area contributed by atoms with Crippen LogP contribution >= 0.6 is 0 Å². The van der Waals surface area contributed by atoms with Crippen LogP contribution in [0, 0.1) is 0 Å². The summed E-state index contributed by atoms with van der Waals surface area (Å²) in [6.07, 6.45) is 1.90. The minimum atomic E-state index is 0.327. The van der Waals surface area contributed by atoms with Crippen molar-refractivity contribution >= 4 is 16.6 Å². The van der Waals surface area contributed by atoms with Crippen molar-refractivity contribution in [1.29, 1.82) is 0 Å². The third-order valence-corrected chi connectivity index (χ3v) is 4.68. The van der Waals surface area contributed by atoms with E-state index in [4.69, 9.17) is 0 Å². The summed E-state index contributed by atoms with van der Waals surface area (Å²) in [7, 11) is 0. The van der Waals surface area contributed by atoms with E-state index in [1.54, 1.807) is 12.1 Å². The Kier molecular flexibility index (Phi) is 4.05. The summed E-state index contributed by atoms with van der Waals surface area (Å²) < 4.78 is 0. The second-order valence-corrected chi connectivity index (χ2v) is 6.28. The first kappa shape index (κ1) is 15.0. The van der Waals surface area contributed by atoms with Crippen LogP contribution in [0.1, 0.15) is 5.56 Å². The number of aromatic nitrogens is 1. The van der Waals surface area contributed by atoms with Crippen LogP contribution in [0.2, 0.25) is 0 Å². The maximum atomic E-state index is 9.38. The van der Waals surface area contributed by atoms with E-state index in [1.807, 2.05) is 24.4 Å². The molecular weight excluding hydrogens is 298 g/mol. The molecule has 0 unspecified atom stereocenters. The van der Waals surface area contributed by atoms with Gasteiger partial charge in [0.15, 0.2) is 0 Å². The van der Waals surface area contributed by atoms with Crippen molar-refractivity contribution in [3.05, 3.63) is 66.4 Å². The average molecular weight is 319 g/mol. The lowest BCUT2D eigenvalue weighted by Gasteiger charge is -2.36. The molecule has 0 spiro atoms. The molecular formula is C20H21N3O. The van der Waals surface area contributed by atoms with Crippen LogP contribution in [-0.4, -0.2) is 41.2 Å². The highest BCUT2D eigenvalue weighted by atomic mass is 16.3. The predicted molar refractivity (Wildman–Crippen MR) is 97.3 cm³/mol. The number of piperazine rings is 1. The van der Waals surface area contributed by atoms with Crippen molar-refractivity contribution in [2.24, 2.45) is 0 Å². The van der Waals surface area contributed by atoms with Gasteiger partial charge in [0.1, 0.15) is 5.75 Å². The number of fused-ring (bicyclic) bond motifs is 1. The average Bonchev–Trinajstić information content (AvgIpc) is 2.64. The maximum absolute atomic E-state index is 9.38. The van der Waals surface area contributed by atoms with Gasteiger partial charge in [0.2, 0.25) is 0 Å². The van der Waals surface area contributed by atoms with Crippen molar-refractivity contribution in [3.8, 4) is 5.75 Å². The van der Waals surface area contributed by atoms with E-state index in [2.05, 4.69) is 39.0 Å². The van der Waals surface area contributed by atoms with Crippen molar-refractivity contribution in [2.45, 2.75) is 6.54 Å². The number of benzene rings is 2. The Bertz CT molecular complexity index is 818. The molecule has 1 aliphatic rings. The van der Waals surface area contributed by atoms with Gasteiger partial charge >= 0.3 is 0 Å². The predicted octanol–water partition coefficient (Wildman–Crippen LogP) is 3.26. The van der Waals surface area contributed by atoms with E-state index in [1.165, 1.54) is 16.6 Å². The molecule has 0 bridgehead atoms. The van der Waals surface area contributed by atoms with Gasteiger partial charge in [-0.05, 0) is 29.8 Å². The quantitative estimate of drug-likeness (QED) is 0.804. The highest BCUT2D eigenvalue weighted by Gasteiger charge is 2.18. The molecule has 0 amide bonds. The molecule has 0 radical (unpaired) electrons. The molecule has 1 saturated heterocycles. The monoisotopic (exact) mass is 319 g/mol. The van der Waals surface area contributed by atoms with Gasteiger partial charge in [0.05, 0.1) is 5.52 Å². The zero-order chi connectivity index (χ0) is 16.4. The second kappa shape index (κ2) is 6.49. The summed E-state index contributed by atoms with van der Waals surface area (Å²) in [5, 5.41) is 10.6. The lowest BCUT2D eigenvalue weighted by molar-refractivity contribution is 0.250. The summed E-state index contributed by atoms with van der Waals surface area (Å²) in [6.45, 7) is 5.05. The summed E-state index contributed by atoms with van der Waals surface area (Å²) in [5.41, 5.74) is 3.59. The van der Waals surface area contributed by atoms with Crippen molar-refractivity contribution in [3.63, 3.8) is 0 Å². The Hall–Kier alpha value is -2.59. The van der Waals surface area contributed by atoms with Gasteiger partial charge in [-0.2, -0.15) is 0 Å². The minimum Gasteiger partial charge on any atom is -0.508 e. The van der Waals surface area contributed by atoms with E-state index in [0.717, 1.165) is 38.2 Å². The molecule has 4 rings (SSSR count). The third-order valence-electron chi connectivity index (χ3n) is 4.68. The number of rotatable bonds is 3. The number of phenolic OH excluding ortho intramolecular Hbond substituents is 1. The number of anilines is 1. The van der Waals surface area contributed by atoms with Crippen LogP contribution in [0.15, 0.2) is 60.8 Å². The fourth-order valence-corrected chi connectivity index (χ4v) is 3.36. The zero-order valence-corrected chi connectivity index (χ0v) is 13.6. The van der Waals surface area contributed by atoms with Crippen LogP contribution in [0.3, 0.4) is 0 Å². The van der Waals surface area contributed by atoms with E-state index >= 15 is 0 Å². The van der Waals surface area contributed by atoms with Gasteiger partial charge in [-0.1, -0.05) is 30.3 Å². The van der Waals surface area contributed by atoms with Gasteiger partial charge in [-0.25, -0.2) is 0 Å². The lowest BCUT2D eigenvalue weighted by atomic mass is 10.1. The van der Waals surface area contributed by atoms with Crippen LogP contribution in [-0.2, 0) is 6.54 Å². The number of hydrogen-bond acceptors (Lipinski definition) is 4. The van der Waals surface area contributed by atoms with Crippen LogP contribution in [0.4, 0.5) is 5.69 Å². The summed E-state index contributed by atoms with van der Waals surface area (Å²) in [4.78, 5) is 9.38. The zero-order valence-electron chi connectivity index (χ0n) is 13.6. The highest BCUT2D eigenvalue weighted by molar-refractivity contribution is 5.91. The molecule has 1 aliphatic heterocycles. The topological polar surface area (TPSA) is 39.6 Å². The largest absolute Gasteiger partial charge is 0.508 e. The lowest BCUT2D eigenvalue weighted by Crippen LogP contribution is -2.46. The molecule has 1 aromatic heterocycles. The van der Waals surface area contributed by atoms with Crippen molar-refractivity contribution in [2.75, 3.05) is 31.1 Å². The second-order valence-electron chi connectivity index (χ2n) is 6.28. The first-order chi connectivity index (χ1) is 11.8. The summed E-state index contributed by atoms with van der Waals surface area (Å²) >= 11 is 0.